The molecule has 3 N–H and O–H groups in total. The van der Waals surface area contributed by atoms with Crippen LogP contribution in [0.15, 0.2) is 36.4 Å². The van der Waals surface area contributed by atoms with Gasteiger partial charge in [-0.25, -0.2) is 14.6 Å². The summed E-state index contributed by atoms with van der Waals surface area (Å²) in [5.74, 6) is -1.43. The standard InChI is InChI=1S/C15H11N3O4S2/c16-15(21)18-12(19)7-22-14(20)11-6-5-10(23-11)13-17-8-3-1-2-4-9(8)24-13/h1-6H,7H2,(H3,16,18,19,21). The van der Waals surface area contributed by atoms with Crippen LogP contribution in [-0.2, 0) is 9.53 Å². The highest BCUT2D eigenvalue weighted by Gasteiger charge is 2.15. The number of imide groups is 1. The number of thiophene rings is 1. The van der Waals surface area contributed by atoms with E-state index in [1.807, 2.05) is 29.6 Å². The molecule has 0 atom stereocenters. The number of benzene rings is 1. The molecule has 3 aromatic rings. The first kappa shape index (κ1) is 16.1. The quantitative estimate of drug-likeness (QED) is 0.693. The molecular formula is C15H11N3O4S2. The predicted molar refractivity (Wildman–Crippen MR) is 90.9 cm³/mol. The van der Waals surface area contributed by atoms with Gasteiger partial charge in [-0.1, -0.05) is 12.1 Å². The maximum Gasteiger partial charge on any atom is 0.348 e. The summed E-state index contributed by atoms with van der Waals surface area (Å²) in [4.78, 5) is 39.4. The van der Waals surface area contributed by atoms with E-state index in [1.54, 1.807) is 12.1 Å². The SMILES string of the molecule is NC(=O)NC(=O)COC(=O)c1ccc(-c2nc3ccccc3s2)s1. The number of rotatable bonds is 4. The lowest BCUT2D eigenvalue weighted by molar-refractivity contribution is -0.123. The number of nitrogens with zero attached hydrogens (tertiary/aromatic N) is 1. The van der Waals surface area contributed by atoms with Crippen molar-refractivity contribution in [2.45, 2.75) is 0 Å². The molecule has 2 heterocycles. The van der Waals surface area contributed by atoms with Crippen molar-refractivity contribution in [1.29, 1.82) is 0 Å². The second kappa shape index (κ2) is 6.77. The van der Waals surface area contributed by atoms with E-state index < -0.39 is 24.5 Å². The molecule has 1 aromatic carbocycles. The lowest BCUT2D eigenvalue weighted by Gasteiger charge is -2.02. The minimum atomic E-state index is -0.995. The Balaban J connectivity index is 1.69. The Morgan fingerprint density at radius 2 is 1.92 bits per heavy atom. The van der Waals surface area contributed by atoms with Crippen LogP contribution in [-0.4, -0.2) is 29.5 Å². The minimum absolute atomic E-state index is 0.344. The zero-order valence-corrected chi connectivity index (χ0v) is 13.8. The fourth-order valence-corrected chi connectivity index (χ4v) is 3.84. The van der Waals surface area contributed by atoms with Crippen LogP contribution in [0.1, 0.15) is 9.67 Å². The molecule has 0 aliphatic rings. The molecule has 0 radical (unpaired) electrons. The van der Waals surface area contributed by atoms with Gasteiger partial charge in [-0.05, 0) is 24.3 Å². The Hall–Kier alpha value is -2.78. The van der Waals surface area contributed by atoms with E-state index in [0.717, 1.165) is 20.1 Å². The lowest BCUT2D eigenvalue weighted by atomic mass is 10.3. The van der Waals surface area contributed by atoms with Gasteiger partial charge in [0, 0.05) is 0 Å². The van der Waals surface area contributed by atoms with Crippen molar-refractivity contribution >= 4 is 50.8 Å². The molecule has 24 heavy (non-hydrogen) atoms. The van der Waals surface area contributed by atoms with Gasteiger partial charge in [0.1, 0.15) is 9.88 Å². The number of thiazole rings is 1. The summed E-state index contributed by atoms with van der Waals surface area (Å²) < 4.78 is 5.90. The number of hydrogen-bond donors (Lipinski definition) is 2. The molecule has 0 aliphatic carbocycles. The third-order valence-corrected chi connectivity index (χ3v) is 5.18. The second-order valence-corrected chi connectivity index (χ2v) is 6.75. The summed E-state index contributed by atoms with van der Waals surface area (Å²) in [7, 11) is 0. The highest BCUT2D eigenvalue weighted by atomic mass is 32.1. The maximum absolute atomic E-state index is 11.9. The minimum Gasteiger partial charge on any atom is -0.451 e. The second-order valence-electron chi connectivity index (χ2n) is 4.64. The first-order chi connectivity index (χ1) is 11.5. The van der Waals surface area contributed by atoms with E-state index in [9.17, 15) is 14.4 Å². The summed E-state index contributed by atoms with van der Waals surface area (Å²) in [6.45, 7) is -0.573. The number of fused-ring (bicyclic) bond motifs is 1. The van der Waals surface area contributed by atoms with Crippen LogP contribution in [0.4, 0.5) is 4.79 Å². The van der Waals surface area contributed by atoms with Crippen molar-refractivity contribution in [2.75, 3.05) is 6.61 Å². The monoisotopic (exact) mass is 361 g/mol. The summed E-state index contributed by atoms with van der Waals surface area (Å²) in [5, 5.41) is 2.63. The maximum atomic E-state index is 11.9. The number of ether oxygens (including phenoxy) is 1. The van der Waals surface area contributed by atoms with E-state index in [-0.39, 0.29) is 0 Å². The van der Waals surface area contributed by atoms with Crippen LogP contribution in [0.25, 0.3) is 20.1 Å². The number of primary amides is 1. The van der Waals surface area contributed by atoms with Gasteiger partial charge >= 0.3 is 12.0 Å². The van der Waals surface area contributed by atoms with Gasteiger partial charge in [0.25, 0.3) is 5.91 Å². The number of hydrogen-bond acceptors (Lipinski definition) is 7. The largest absolute Gasteiger partial charge is 0.451 e. The Morgan fingerprint density at radius 1 is 1.12 bits per heavy atom. The number of amides is 3. The van der Waals surface area contributed by atoms with Crippen LogP contribution in [0.3, 0.4) is 0 Å². The molecule has 122 valence electrons. The summed E-state index contributed by atoms with van der Waals surface area (Å²) in [6, 6.07) is 10.2. The third-order valence-electron chi connectivity index (χ3n) is 2.91. The van der Waals surface area contributed by atoms with Gasteiger partial charge < -0.3 is 10.5 Å². The summed E-state index contributed by atoms with van der Waals surface area (Å²) in [5.41, 5.74) is 5.70. The number of aromatic nitrogens is 1. The summed E-state index contributed by atoms with van der Waals surface area (Å²) in [6.07, 6.45) is 0. The average Bonchev–Trinajstić information content (AvgIpc) is 3.18. The number of carbonyl (C=O) groups excluding carboxylic acids is 3. The normalized spacial score (nSPS) is 10.5. The lowest BCUT2D eigenvalue weighted by Crippen LogP contribution is -2.37. The molecule has 7 nitrogen and oxygen atoms in total. The Bertz CT molecular complexity index is 899. The van der Waals surface area contributed by atoms with Crippen molar-refractivity contribution in [3.63, 3.8) is 0 Å². The van der Waals surface area contributed by atoms with Crippen LogP contribution in [0.5, 0.6) is 0 Å². The van der Waals surface area contributed by atoms with Crippen molar-refractivity contribution in [3.05, 3.63) is 41.3 Å². The molecule has 0 saturated heterocycles. The zero-order chi connectivity index (χ0) is 17.1. The molecule has 0 aliphatic heterocycles. The first-order valence-corrected chi connectivity index (χ1v) is 8.38. The van der Waals surface area contributed by atoms with E-state index >= 15 is 0 Å². The predicted octanol–water partition coefficient (Wildman–Crippen LogP) is 2.38. The van der Waals surface area contributed by atoms with Gasteiger partial charge in [-0.3, -0.25) is 10.1 Å². The average molecular weight is 361 g/mol. The van der Waals surface area contributed by atoms with Crippen LogP contribution < -0.4 is 11.1 Å². The number of nitrogens with one attached hydrogen (secondary N) is 1. The molecule has 0 bridgehead atoms. The van der Waals surface area contributed by atoms with E-state index in [0.29, 0.717) is 4.88 Å². The van der Waals surface area contributed by atoms with Gasteiger partial charge in [0.2, 0.25) is 0 Å². The molecule has 0 unspecified atom stereocenters. The molecule has 0 saturated carbocycles. The van der Waals surface area contributed by atoms with Crippen LogP contribution >= 0.6 is 22.7 Å². The molecule has 0 fully saturated rings. The highest BCUT2D eigenvalue weighted by molar-refractivity contribution is 7.26. The van der Waals surface area contributed by atoms with Crippen molar-refractivity contribution in [2.24, 2.45) is 5.73 Å². The van der Waals surface area contributed by atoms with E-state index in [4.69, 9.17) is 10.5 Å². The fourth-order valence-electron chi connectivity index (χ4n) is 1.92. The number of nitrogens with two attached hydrogens (primary N) is 1. The summed E-state index contributed by atoms with van der Waals surface area (Å²) >= 11 is 2.76. The van der Waals surface area contributed by atoms with Crippen LogP contribution in [0.2, 0.25) is 0 Å². The molecule has 0 spiro atoms. The molecular weight excluding hydrogens is 350 g/mol. The number of urea groups is 1. The topological polar surface area (TPSA) is 111 Å². The Labute approximate surface area is 144 Å². The van der Waals surface area contributed by atoms with Crippen molar-refractivity contribution in [3.8, 4) is 9.88 Å². The molecule has 3 amide bonds. The van der Waals surface area contributed by atoms with Crippen LogP contribution in [0, 0.1) is 0 Å². The van der Waals surface area contributed by atoms with Crippen molar-refractivity contribution in [1.82, 2.24) is 10.3 Å². The molecule has 2 aromatic heterocycles. The highest BCUT2D eigenvalue weighted by Crippen LogP contribution is 2.34. The zero-order valence-electron chi connectivity index (χ0n) is 12.1. The number of carbonyl (C=O) groups is 3. The Morgan fingerprint density at radius 3 is 2.67 bits per heavy atom. The first-order valence-electron chi connectivity index (χ1n) is 6.75. The number of para-hydroxylation sites is 1. The van der Waals surface area contributed by atoms with E-state index in [2.05, 4.69) is 4.98 Å². The van der Waals surface area contributed by atoms with Gasteiger partial charge in [-0.15, -0.1) is 22.7 Å². The van der Waals surface area contributed by atoms with Gasteiger partial charge in [0.15, 0.2) is 6.61 Å². The Kier molecular flexibility index (Phi) is 4.54. The smallest absolute Gasteiger partial charge is 0.348 e. The number of esters is 1. The molecule has 3 rings (SSSR count). The van der Waals surface area contributed by atoms with Gasteiger partial charge in [-0.2, -0.15) is 0 Å². The van der Waals surface area contributed by atoms with Gasteiger partial charge in [0.05, 0.1) is 15.1 Å². The van der Waals surface area contributed by atoms with E-state index in [1.165, 1.54) is 22.7 Å². The fraction of sp³-hybridized carbons (Fsp3) is 0.0667. The third kappa shape index (κ3) is 3.58. The van der Waals surface area contributed by atoms with Crippen molar-refractivity contribution < 1.29 is 19.1 Å². The molecule has 9 heteroatoms.